The van der Waals surface area contributed by atoms with Gasteiger partial charge in [0.2, 0.25) is 11.9 Å². The number of nitrogens with one attached hydrogen (secondary N) is 1. The number of anilines is 2. The third kappa shape index (κ3) is 4.31. The third-order valence-corrected chi connectivity index (χ3v) is 3.97. The van der Waals surface area contributed by atoms with Gasteiger partial charge in [-0.25, -0.2) is 0 Å². The topological polar surface area (TPSA) is 63.2 Å². The summed E-state index contributed by atoms with van der Waals surface area (Å²) in [4.78, 5) is 15.5. The Balaban J connectivity index is 1.75. The van der Waals surface area contributed by atoms with Crippen LogP contribution in [0.15, 0.2) is 30.3 Å². The van der Waals surface area contributed by atoms with Crippen LogP contribution in [0.5, 0.6) is 6.01 Å². The average molecular weight is 313 g/mol. The Kier molecular flexibility index (Phi) is 5.24. The Labute approximate surface area is 136 Å². The van der Waals surface area contributed by atoms with Gasteiger partial charge < -0.3 is 15.0 Å². The first-order chi connectivity index (χ1) is 11.3. The molecule has 0 saturated carbocycles. The van der Waals surface area contributed by atoms with Crippen molar-refractivity contribution in [2.75, 3.05) is 30.4 Å². The fourth-order valence-electron chi connectivity index (χ4n) is 2.71. The number of aromatic nitrogens is 3. The predicted octanol–water partition coefficient (Wildman–Crippen LogP) is 2.87. The van der Waals surface area contributed by atoms with Gasteiger partial charge in [0.1, 0.15) is 0 Å². The summed E-state index contributed by atoms with van der Waals surface area (Å²) in [5, 5.41) is 3.26. The van der Waals surface area contributed by atoms with Crippen LogP contribution in [-0.4, -0.2) is 35.2 Å². The van der Waals surface area contributed by atoms with E-state index in [1.165, 1.54) is 31.2 Å². The van der Waals surface area contributed by atoms with Crippen molar-refractivity contribution < 1.29 is 4.74 Å². The van der Waals surface area contributed by atoms with Crippen molar-refractivity contribution in [2.24, 2.45) is 0 Å². The fraction of sp³-hybridized carbons (Fsp3) is 0.471. The second kappa shape index (κ2) is 7.76. The van der Waals surface area contributed by atoms with Crippen LogP contribution in [0, 0.1) is 0 Å². The zero-order valence-corrected chi connectivity index (χ0v) is 13.5. The normalized spacial score (nSPS) is 15.1. The summed E-state index contributed by atoms with van der Waals surface area (Å²) in [7, 11) is 1.59. The van der Waals surface area contributed by atoms with Gasteiger partial charge in [0, 0.05) is 19.6 Å². The number of ether oxygens (including phenoxy) is 1. The number of rotatable bonds is 5. The maximum absolute atomic E-state index is 5.24. The minimum atomic E-state index is 0.356. The van der Waals surface area contributed by atoms with Crippen LogP contribution in [-0.2, 0) is 6.54 Å². The third-order valence-electron chi connectivity index (χ3n) is 3.97. The van der Waals surface area contributed by atoms with Crippen LogP contribution in [0.25, 0.3) is 0 Å². The number of nitrogens with zero attached hydrogens (tertiary/aromatic N) is 4. The van der Waals surface area contributed by atoms with Gasteiger partial charge >= 0.3 is 6.01 Å². The molecule has 1 aromatic carbocycles. The van der Waals surface area contributed by atoms with E-state index in [1.807, 2.05) is 18.2 Å². The van der Waals surface area contributed by atoms with Crippen LogP contribution < -0.4 is 15.0 Å². The minimum absolute atomic E-state index is 0.356. The molecule has 1 aromatic heterocycles. The summed E-state index contributed by atoms with van der Waals surface area (Å²) in [5.41, 5.74) is 1.18. The average Bonchev–Trinajstić information content (AvgIpc) is 2.90. The van der Waals surface area contributed by atoms with Crippen molar-refractivity contribution in [1.82, 2.24) is 15.0 Å². The molecule has 0 spiro atoms. The van der Waals surface area contributed by atoms with Crippen LogP contribution in [0.1, 0.15) is 31.2 Å². The van der Waals surface area contributed by atoms with E-state index in [2.05, 4.69) is 37.3 Å². The first-order valence-corrected chi connectivity index (χ1v) is 8.18. The highest BCUT2D eigenvalue weighted by Crippen LogP contribution is 2.19. The van der Waals surface area contributed by atoms with Crippen molar-refractivity contribution in [3.05, 3.63) is 35.9 Å². The number of hydrogen-bond donors (Lipinski definition) is 1. The van der Waals surface area contributed by atoms with Gasteiger partial charge in [-0.2, -0.15) is 15.0 Å². The van der Waals surface area contributed by atoms with E-state index in [0.29, 0.717) is 24.5 Å². The quantitative estimate of drug-likeness (QED) is 0.916. The monoisotopic (exact) mass is 313 g/mol. The molecule has 0 unspecified atom stereocenters. The molecule has 2 aromatic rings. The van der Waals surface area contributed by atoms with Crippen molar-refractivity contribution >= 4 is 11.9 Å². The van der Waals surface area contributed by atoms with Gasteiger partial charge in [-0.1, -0.05) is 43.2 Å². The zero-order chi connectivity index (χ0) is 15.9. The predicted molar refractivity (Wildman–Crippen MR) is 90.8 cm³/mol. The SMILES string of the molecule is COc1nc(NCc2ccccc2)nc(N2CCCCCC2)n1. The molecular weight excluding hydrogens is 290 g/mol. The molecule has 1 aliphatic rings. The van der Waals surface area contributed by atoms with Gasteiger partial charge in [-0.05, 0) is 18.4 Å². The van der Waals surface area contributed by atoms with E-state index in [4.69, 9.17) is 4.74 Å². The van der Waals surface area contributed by atoms with E-state index < -0.39 is 0 Å². The van der Waals surface area contributed by atoms with Crippen LogP contribution in [0.2, 0.25) is 0 Å². The fourth-order valence-corrected chi connectivity index (χ4v) is 2.71. The van der Waals surface area contributed by atoms with Gasteiger partial charge in [-0.15, -0.1) is 0 Å². The summed E-state index contributed by atoms with van der Waals surface area (Å²) >= 11 is 0. The molecule has 6 heteroatoms. The molecule has 0 atom stereocenters. The number of hydrogen-bond acceptors (Lipinski definition) is 6. The maximum atomic E-state index is 5.24. The Morgan fingerprint density at radius 3 is 2.43 bits per heavy atom. The lowest BCUT2D eigenvalue weighted by molar-refractivity contribution is 0.378. The smallest absolute Gasteiger partial charge is 0.322 e. The minimum Gasteiger partial charge on any atom is -0.467 e. The summed E-state index contributed by atoms with van der Waals surface area (Å²) in [6, 6.07) is 10.5. The maximum Gasteiger partial charge on any atom is 0.322 e. The number of benzene rings is 1. The second-order valence-corrected chi connectivity index (χ2v) is 5.69. The first kappa shape index (κ1) is 15.5. The molecule has 6 nitrogen and oxygen atoms in total. The van der Waals surface area contributed by atoms with E-state index in [-0.39, 0.29) is 0 Å². The van der Waals surface area contributed by atoms with Gasteiger partial charge in [0.25, 0.3) is 0 Å². The molecule has 0 radical (unpaired) electrons. The van der Waals surface area contributed by atoms with Crippen LogP contribution in [0.4, 0.5) is 11.9 Å². The molecule has 23 heavy (non-hydrogen) atoms. The lowest BCUT2D eigenvalue weighted by atomic mass is 10.2. The highest BCUT2D eigenvalue weighted by Gasteiger charge is 2.15. The summed E-state index contributed by atoms with van der Waals surface area (Å²) < 4.78 is 5.24. The van der Waals surface area contributed by atoms with Gasteiger partial charge in [0.05, 0.1) is 7.11 Å². The summed E-state index contributed by atoms with van der Waals surface area (Å²) in [6.45, 7) is 2.66. The largest absolute Gasteiger partial charge is 0.467 e. The van der Waals surface area contributed by atoms with Crippen molar-refractivity contribution in [2.45, 2.75) is 32.2 Å². The molecule has 122 valence electrons. The Morgan fingerprint density at radius 2 is 1.74 bits per heavy atom. The lowest BCUT2D eigenvalue weighted by Gasteiger charge is -2.20. The van der Waals surface area contributed by atoms with Crippen LogP contribution in [0.3, 0.4) is 0 Å². The highest BCUT2D eigenvalue weighted by molar-refractivity contribution is 5.39. The van der Waals surface area contributed by atoms with Crippen molar-refractivity contribution in [1.29, 1.82) is 0 Å². The second-order valence-electron chi connectivity index (χ2n) is 5.69. The van der Waals surface area contributed by atoms with E-state index >= 15 is 0 Å². The van der Waals surface area contributed by atoms with E-state index in [1.54, 1.807) is 7.11 Å². The summed E-state index contributed by atoms with van der Waals surface area (Å²) in [5.74, 6) is 1.26. The van der Waals surface area contributed by atoms with E-state index in [0.717, 1.165) is 13.1 Å². The molecule has 0 amide bonds. The Hall–Kier alpha value is -2.37. The molecule has 2 heterocycles. The molecule has 1 saturated heterocycles. The standard InChI is InChI=1S/C17H23N5O/c1-23-17-20-15(18-13-14-9-5-4-6-10-14)19-16(21-17)22-11-7-2-3-8-12-22/h4-6,9-10H,2-3,7-8,11-13H2,1H3,(H,18,19,20,21). The Bertz CT molecular complexity index is 612. The summed E-state index contributed by atoms with van der Waals surface area (Å²) in [6.07, 6.45) is 4.91. The van der Waals surface area contributed by atoms with Crippen molar-refractivity contribution in [3.63, 3.8) is 0 Å². The van der Waals surface area contributed by atoms with Crippen molar-refractivity contribution in [3.8, 4) is 6.01 Å². The molecule has 0 aliphatic carbocycles. The molecule has 0 bridgehead atoms. The molecular formula is C17H23N5O. The van der Waals surface area contributed by atoms with Crippen LogP contribution >= 0.6 is 0 Å². The number of methoxy groups -OCH3 is 1. The highest BCUT2D eigenvalue weighted by atomic mass is 16.5. The first-order valence-electron chi connectivity index (χ1n) is 8.18. The molecule has 1 N–H and O–H groups in total. The van der Waals surface area contributed by atoms with Gasteiger partial charge in [0.15, 0.2) is 0 Å². The molecule has 3 rings (SSSR count). The zero-order valence-electron chi connectivity index (χ0n) is 13.5. The van der Waals surface area contributed by atoms with Gasteiger partial charge in [-0.3, -0.25) is 0 Å². The molecule has 1 aliphatic heterocycles. The Morgan fingerprint density at radius 1 is 1.00 bits per heavy atom. The lowest BCUT2D eigenvalue weighted by Crippen LogP contribution is -2.26. The molecule has 1 fully saturated rings. The van der Waals surface area contributed by atoms with E-state index in [9.17, 15) is 0 Å².